The average molecular weight is 264 g/mol. The van der Waals surface area contributed by atoms with E-state index in [-0.39, 0.29) is 6.04 Å². The molecule has 0 saturated heterocycles. The number of nitrogens with zero attached hydrogens (tertiary/aromatic N) is 2. The fourth-order valence-electron chi connectivity index (χ4n) is 2.14. The molecule has 0 fully saturated rings. The normalized spacial score (nSPS) is 12.6. The van der Waals surface area contributed by atoms with Crippen molar-refractivity contribution in [2.75, 3.05) is 7.05 Å². The molecule has 1 heterocycles. The number of nitrogens with one attached hydrogen (secondary N) is 1. The Bertz CT molecular complexity index is 507. The van der Waals surface area contributed by atoms with Crippen LogP contribution in [-0.4, -0.2) is 16.8 Å². The highest BCUT2D eigenvalue weighted by Gasteiger charge is 2.15. The van der Waals surface area contributed by atoms with Crippen molar-refractivity contribution >= 4 is 11.6 Å². The van der Waals surface area contributed by atoms with Gasteiger partial charge in [0.05, 0.1) is 11.7 Å². The summed E-state index contributed by atoms with van der Waals surface area (Å²) in [5.74, 6) is 0. The quantitative estimate of drug-likeness (QED) is 0.899. The minimum absolute atomic E-state index is 0.229. The molecule has 1 atom stereocenters. The van der Waals surface area contributed by atoms with E-state index in [2.05, 4.69) is 29.5 Å². The van der Waals surface area contributed by atoms with E-state index in [0.717, 1.165) is 23.6 Å². The molecule has 1 N–H and O–H groups in total. The minimum Gasteiger partial charge on any atom is -0.311 e. The van der Waals surface area contributed by atoms with Gasteiger partial charge in [-0.1, -0.05) is 29.8 Å². The zero-order valence-electron chi connectivity index (χ0n) is 10.7. The number of likely N-dealkylation sites (N-methyl/N-ethyl adjacent to an activating group) is 1. The van der Waals surface area contributed by atoms with E-state index >= 15 is 0 Å². The lowest BCUT2D eigenvalue weighted by Gasteiger charge is -2.18. The first-order chi connectivity index (χ1) is 8.76. The minimum atomic E-state index is 0.229. The van der Waals surface area contributed by atoms with E-state index in [1.54, 1.807) is 0 Å². The van der Waals surface area contributed by atoms with E-state index in [9.17, 15) is 0 Å². The van der Waals surface area contributed by atoms with Crippen LogP contribution in [0.3, 0.4) is 0 Å². The van der Waals surface area contributed by atoms with Crippen LogP contribution >= 0.6 is 11.6 Å². The van der Waals surface area contributed by atoms with Crippen LogP contribution in [0.2, 0.25) is 5.02 Å². The summed E-state index contributed by atoms with van der Waals surface area (Å²) in [6.07, 6.45) is 2.71. The Hall–Kier alpha value is -1.32. The SMILES string of the molecule is CCn1nccc1C(Cc1ccccc1Cl)NC. The Morgan fingerprint density at radius 2 is 2.11 bits per heavy atom. The second-order valence-electron chi connectivity index (χ2n) is 4.21. The molecule has 2 rings (SSSR count). The van der Waals surface area contributed by atoms with Crippen LogP contribution < -0.4 is 5.32 Å². The van der Waals surface area contributed by atoms with Crippen LogP contribution in [0.15, 0.2) is 36.5 Å². The van der Waals surface area contributed by atoms with Gasteiger partial charge in [0, 0.05) is 17.8 Å². The molecule has 0 spiro atoms. The molecule has 0 aliphatic rings. The summed E-state index contributed by atoms with van der Waals surface area (Å²) in [5, 5.41) is 8.47. The van der Waals surface area contributed by atoms with Crippen molar-refractivity contribution in [1.29, 1.82) is 0 Å². The number of benzene rings is 1. The molecule has 1 aromatic heterocycles. The summed E-state index contributed by atoms with van der Waals surface area (Å²) >= 11 is 6.21. The van der Waals surface area contributed by atoms with E-state index in [0.29, 0.717) is 0 Å². The molecular weight excluding hydrogens is 246 g/mol. The summed E-state index contributed by atoms with van der Waals surface area (Å²) in [6, 6.07) is 10.3. The number of rotatable bonds is 5. The summed E-state index contributed by atoms with van der Waals surface area (Å²) < 4.78 is 2.01. The van der Waals surface area contributed by atoms with Gasteiger partial charge in [-0.3, -0.25) is 4.68 Å². The van der Waals surface area contributed by atoms with Crippen molar-refractivity contribution in [3.63, 3.8) is 0 Å². The van der Waals surface area contributed by atoms with E-state index in [4.69, 9.17) is 11.6 Å². The van der Waals surface area contributed by atoms with E-state index < -0.39 is 0 Å². The zero-order chi connectivity index (χ0) is 13.0. The van der Waals surface area contributed by atoms with Crippen LogP contribution in [0.5, 0.6) is 0 Å². The van der Waals surface area contributed by atoms with Crippen LogP contribution in [0.1, 0.15) is 24.2 Å². The number of halogens is 1. The first kappa shape index (κ1) is 13.1. The highest BCUT2D eigenvalue weighted by atomic mass is 35.5. The van der Waals surface area contributed by atoms with Crippen molar-refractivity contribution < 1.29 is 0 Å². The van der Waals surface area contributed by atoms with Gasteiger partial charge in [-0.25, -0.2) is 0 Å². The molecule has 0 aliphatic carbocycles. The average Bonchev–Trinajstić information content (AvgIpc) is 2.86. The fourth-order valence-corrected chi connectivity index (χ4v) is 2.35. The summed E-state index contributed by atoms with van der Waals surface area (Å²) in [5.41, 5.74) is 2.35. The smallest absolute Gasteiger partial charge is 0.0556 e. The second kappa shape index (κ2) is 6.03. The number of aryl methyl sites for hydroxylation is 1. The van der Waals surface area contributed by atoms with Crippen molar-refractivity contribution in [3.05, 3.63) is 52.8 Å². The lowest BCUT2D eigenvalue weighted by atomic mass is 10.0. The number of hydrogen-bond acceptors (Lipinski definition) is 2. The fraction of sp³-hybridized carbons (Fsp3) is 0.357. The molecule has 4 heteroatoms. The summed E-state index contributed by atoms with van der Waals surface area (Å²) in [4.78, 5) is 0. The predicted molar refractivity (Wildman–Crippen MR) is 74.9 cm³/mol. The van der Waals surface area contributed by atoms with Gasteiger partial charge in [0.25, 0.3) is 0 Å². The standard InChI is InChI=1S/C14H18ClN3/c1-3-18-14(8-9-17-18)13(16-2)10-11-6-4-5-7-12(11)15/h4-9,13,16H,3,10H2,1-2H3. The van der Waals surface area contributed by atoms with Gasteiger partial charge in [0.15, 0.2) is 0 Å². The van der Waals surface area contributed by atoms with Gasteiger partial charge in [0.2, 0.25) is 0 Å². The molecule has 1 unspecified atom stereocenters. The highest BCUT2D eigenvalue weighted by molar-refractivity contribution is 6.31. The van der Waals surface area contributed by atoms with Crippen LogP contribution in [0.25, 0.3) is 0 Å². The molecule has 0 radical (unpaired) electrons. The maximum absolute atomic E-state index is 6.21. The Morgan fingerprint density at radius 3 is 2.78 bits per heavy atom. The Kier molecular flexibility index (Phi) is 4.39. The van der Waals surface area contributed by atoms with E-state index in [1.165, 1.54) is 5.69 Å². The monoisotopic (exact) mass is 263 g/mol. The van der Waals surface area contributed by atoms with Crippen molar-refractivity contribution in [3.8, 4) is 0 Å². The van der Waals surface area contributed by atoms with Crippen molar-refractivity contribution in [1.82, 2.24) is 15.1 Å². The number of aromatic nitrogens is 2. The largest absolute Gasteiger partial charge is 0.311 e. The summed E-state index contributed by atoms with van der Waals surface area (Å²) in [7, 11) is 1.97. The van der Waals surface area contributed by atoms with E-state index in [1.807, 2.05) is 36.1 Å². The molecule has 2 aromatic rings. The van der Waals surface area contributed by atoms with Crippen LogP contribution in [0.4, 0.5) is 0 Å². The molecule has 1 aromatic carbocycles. The van der Waals surface area contributed by atoms with Crippen molar-refractivity contribution in [2.45, 2.75) is 25.9 Å². The molecule has 3 nitrogen and oxygen atoms in total. The van der Waals surface area contributed by atoms with Gasteiger partial charge < -0.3 is 5.32 Å². The van der Waals surface area contributed by atoms with Crippen LogP contribution in [-0.2, 0) is 13.0 Å². The van der Waals surface area contributed by atoms with Gasteiger partial charge in [-0.15, -0.1) is 0 Å². The topological polar surface area (TPSA) is 29.9 Å². The molecule has 0 bridgehead atoms. The molecule has 0 aliphatic heterocycles. The highest BCUT2D eigenvalue weighted by Crippen LogP contribution is 2.23. The lowest BCUT2D eigenvalue weighted by molar-refractivity contribution is 0.513. The Labute approximate surface area is 113 Å². The summed E-state index contributed by atoms with van der Waals surface area (Å²) in [6.45, 7) is 2.97. The Morgan fingerprint density at radius 1 is 1.33 bits per heavy atom. The van der Waals surface area contributed by atoms with Crippen LogP contribution in [0, 0.1) is 0 Å². The molecule has 96 valence electrons. The molecule has 0 saturated carbocycles. The maximum atomic E-state index is 6.21. The molecular formula is C14H18ClN3. The third-order valence-corrected chi connectivity index (χ3v) is 3.51. The van der Waals surface area contributed by atoms with Gasteiger partial charge >= 0.3 is 0 Å². The van der Waals surface area contributed by atoms with Gasteiger partial charge in [-0.05, 0) is 38.1 Å². The lowest BCUT2D eigenvalue weighted by Crippen LogP contribution is -2.22. The number of hydrogen-bond donors (Lipinski definition) is 1. The molecule has 0 amide bonds. The zero-order valence-corrected chi connectivity index (χ0v) is 11.5. The predicted octanol–water partition coefficient (Wildman–Crippen LogP) is 3.06. The third-order valence-electron chi connectivity index (χ3n) is 3.14. The first-order valence-electron chi connectivity index (χ1n) is 6.18. The van der Waals surface area contributed by atoms with Gasteiger partial charge in [-0.2, -0.15) is 5.10 Å². The van der Waals surface area contributed by atoms with Gasteiger partial charge in [0.1, 0.15) is 0 Å². The van der Waals surface area contributed by atoms with Crippen molar-refractivity contribution in [2.24, 2.45) is 0 Å². The second-order valence-corrected chi connectivity index (χ2v) is 4.62. The first-order valence-corrected chi connectivity index (χ1v) is 6.56. The third kappa shape index (κ3) is 2.74. The molecule has 18 heavy (non-hydrogen) atoms. The Balaban J connectivity index is 2.23. The maximum Gasteiger partial charge on any atom is 0.0556 e.